The molecule has 25 heavy (non-hydrogen) atoms. The number of ether oxygens (including phenoxy) is 1. The summed E-state index contributed by atoms with van der Waals surface area (Å²) in [6.45, 7) is 3.74. The van der Waals surface area contributed by atoms with E-state index in [1.54, 1.807) is 48.5 Å². The molecule has 1 amide bonds. The van der Waals surface area contributed by atoms with Crippen molar-refractivity contribution >= 4 is 11.9 Å². The summed E-state index contributed by atoms with van der Waals surface area (Å²) in [7, 11) is 0. The van der Waals surface area contributed by atoms with Gasteiger partial charge in [-0.1, -0.05) is 37.3 Å². The molecule has 2 rings (SSSR count). The van der Waals surface area contributed by atoms with Gasteiger partial charge in [-0.3, -0.25) is 4.79 Å². The number of hydrogen-bond donors (Lipinski definition) is 2. The molecule has 0 aliphatic rings. The molecule has 2 aromatic carbocycles. The van der Waals surface area contributed by atoms with Gasteiger partial charge in [0.1, 0.15) is 11.8 Å². The molecule has 0 saturated heterocycles. The SMILES string of the molecule is CCC(C)OC(=O)[C@H](Cc1ccc(O)cc1)NC(=O)c1ccccc1. The largest absolute Gasteiger partial charge is 0.508 e. The van der Waals surface area contributed by atoms with Crippen LogP contribution in [0.25, 0.3) is 0 Å². The van der Waals surface area contributed by atoms with Crippen molar-refractivity contribution in [3.8, 4) is 5.75 Å². The molecule has 2 aromatic rings. The molecular formula is C20H23NO4. The second-order valence-corrected chi connectivity index (χ2v) is 5.92. The first-order valence-electron chi connectivity index (χ1n) is 8.34. The molecule has 2 N–H and O–H groups in total. The maximum Gasteiger partial charge on any atom is 0.329 e. The fourth-order valence-electron chi connectivity index (χ4n) is 2.26. The van der Waals surface area contributed by atoms with Crippen molar-refractivity contribution in [2.75, 3.05) is 0 Å². The smallest absolute Gasteiger partial charge is 0.329 e. The highest BCUT2D eigenvalue weighted by Gasteiger charge is 2.24. The van der Waals surface area contributed by atoms with Crippen molar-refractivity contribution in [2.45, 2.75) is 38.8 Å². The first-order chi connectivity index (χ1) is 12.0. The van der Waals surface area contributed by atoms with Crippen LogP contribution in [0.2, 0.25) is 0 Å². The fourth-order valence-corrected chi connectivity index (χ4v) is 2.26. The summed E-state index contributed by atoms with van der Waals surface area (Å²) >= 11 is 0. The van der Waals surface area contributed by atoms with Gasteiger partial charge in [-0.25, -0.2) is 4.79 Å². The summed E-state index contributed by atoms with van der Waals surface area (Å²) < 4.78 is 5.39. The minimum absolute atomic E-state index is 0.149. The van der Waals surface area contributed by atoms with Gasteiger partial charge in [0.2, 0.25) is 0 Å². The molecule has 0 saturated carbocycles. The summed E-state index contributed by atoms with van der Waals surface area (Å²) in [4.78, 5) is 24.9. The Bertz CT molecular complexity index is 697. The molecule has 0 aromatic heterocycles. The Kier molecular flexibility index (Phi) is 6.57. The Balaban J connectivity index is 2.14. The summed E-state index contributed by atoms with van der Waals surface area (Å²) in [5.74, 6) is -0.645. The number of phenolic OH excluding ortho intramolecular Hbond substituents is 1. The molecule has 0 radical (unpaired) electrons. The maximum atomic E-state index is 12.5. The highest BCUT2D eigenvalue weighted by molar-refractivity contribution is 5.96. The molecule has 0 bridgehead atoms. The molecular weight excluding hydrogens is 318 g/mol. The van der Waals surface area contributed by atoms with E-state index in [9.17, 15) is 14.7 Å². The Labute approximate surface area is 147 Å². The first kappa shape index (κ1) is 18.5. The lowest BCUT2D eigenvalue weighted by atomic mass is 10.0. The lowest BCUT2D eigenvalue weighted by molar-refractivity contribution is -0.150. The zero-order chi connectivity index (χ0) is 18.2. The molecule has 5 heteroatoms. The number of benzene rings is 2. The van der Waals surface area contributed by atoms with Gasteiger partial charge in [-0.05, 0) is 43.2 Å². The number of carbonyl (C=O) groups excluding carboxylic acids is 2. The van der Waals surface area contributed by atoms with E-state index in [1.807, 2.05) is 19.9 Å². The van der Waals surface area contributed by atoms with Crippen LogP contribution < -0.4 is 5.32 Å². The zero-order valence-corrected chi connectivity index (χ0v) is 14.4. The number of amides is 1. The average Bonchev–Trinajstić information content (AvgIpc) is 2.63. The van der Waals surface area contributed by atoms with Gasteiger partial charge in [0.05, 0.1) is 6.10 Å². The van der Waals surface area contributed by atoms with Crippen LogP contribution in [0, 0.1) is 0 Å². The Morgan fingerprint density at radius 3 is 2.32 bits per heavy atom. The monoisotopic (exact) mass is 341 g/mol. The molecule has 0 aliphatic carbocycles. The third kappa shape index (κ3) is 5.64. The van der Waals surface area contributed by atoms with Gasteiger partial charge >= 0.3 is 5.97 Å². The number of nitrogens with one attached hydrogen (secondary N) is 1. The standard InChI is InChI=1S/C20H23NO4/c1-3-14(2)25-20(24)18(13-15-9-11-17(22)12-10-15)21-19(23)16-7-5-4-6-8-16/h4-12,14,18,22H,3,13H2,1-2H3,(H,21,23)/t14?,18-/m0/s1. The summed E-state index contributed by atoms with van der Waals surface area (Å²) in [6.07, 6.45) is 0.766. The number of carbonyl (C=O) groups is 2. The van der Waals surface area contributed by atoms with Crippen LogP contribution in [0.3, 0.4) is 0 Å². The number of hydrogen-bond acceptors (Lipinski definition) is 4. The normalized spacial score (nSPS) is 12.9. The van der Waals surface area contributed by atoms with Crippen LogP contribution in [-0.4, -0.2) is 29.1 Å². The van der Waals surface area contributed by atoms with Gasteiger partial charge < -0.3 is 15.2 Å². The van der Waals surface area contributed by atoms with Gasteiger partial charge in [0.15, 0.2) is 0 Å². The van der Waals surface area contributed by atoms with Gasteiger partial charge in [-0.2, -0.15) is 0 Å². The summed E-state index contributed by atoms with van der Waals surface area (Å²) in [5.41, 5.74) is 1.30. The van der Waals surface area contributed by atoms with Crippen LogP contribution in [-0.2, 0) is 16.0 Å². The van der Waals surface area contributed by atoms with Gasteiger partial charge in [0, 0.05) is 12.0 Å². The van der Waals surface area contributed by atoms with E-state index in [-0.39, 0.29) is 24.2 Å². The van der Waals surface area contributed by atoms with E-state index >= 15 is 0 Å². The maximum absolute atomic E-state index is 12.5. The van der Waals surface area contributed by atoms with Crippen molar-refractivity contribution in [1.82, 2.24) is 5.32 Å². The quantitative estimate of drug-likeness (QED) is 0.759. The second-order valence-electron chi connectivity index (χ2n) is 5.92. The number of esters is 1. The van der Waals surface area contributed by atoms with Crippen LogP contribution >= 0.6 is 0 Å². The van der Waals surface area contributed by atoms with Crippen molar-refractivity contribution in [3.63, 3.8) is 0 Å². The summed E-state index contributed by atoms with van der Waals surface area (Å²) in [6, 6.07) is 14.5. The number of aromatic hydroxyl groups is 1. The van der Waals surface area contributed by atoms with E-state index in [2.05, 4.69) is 5.32 Å². The van der Waals surface area contributed by atoms with Crippen LogP contribution in [0.15, 0.2) is 54.6 Å². The topological polar surface area (TPSA) is 75.6 Å². The lowest BCUT2D eigenvalue weighted by Gasteiger charge is -2.20. The number of phenols is 1. The van der Waals surface area contributed by atoms with E-state index in [0.29, 0.717) is 12.0 Å². The Hall–Kier alpha value is -2.82. The Morgan fingerprint density at radius 2 is 1.72 bits per heavy atom. The molecule has 2 atom stereocenters. The average molecular weight is 341 g/mol. The molecule has 0 fully saturated rings. The van der Waals surface area contributed by atoms with E-state index in [4.69, 9.17) is 4.74 Å². The minimum Gasteiger partial charge on any atom is -0.508 e. The van der Waals surface area contributed by atoms with Crippen molar-refractivity contribution in [2.24, 2.45) is 0 Å². The zero-order valence-electron chi connectivity index (χ0n) is 14.4. The highest BCUT2D eigenvalue weighted by atomic mass is 16.5. The third-order valence-corrected chi connectivity index (χ3v) is 3.89. The van der Waals surface area contributed by atoms with Crippen LogP contribution in [0.1, 0.15) is 36.2 Å². The second kappa shape index (κ2) is 8.87. The molecule has 0 heterocycles. The summed E-state index contributed by atoms with van der Waals surface area (Å²) in [5, 5.41) is 12.1. The molecule has 1 unspecified atom stereocenters. The molecule has 0 aliphatic heterocycles. The molecule has 132 valence electrons. The number of rotatable bonds is 7. The van der Waals surface area contributed by atoms with Gasteiger partial charge in [-0.15, -0.1) is 0 Å². The predicted molar refractivity (Wildman–Crippen MR) is 95.4 cm³/mol. The molecule has 5 nitrogen and oxygen atoms in total. The van der Waals surface area contributed by atoms with E-state index in [1.165, 1.54) is 0 Å². The lowest BCUT2D eigenvalue weighted by Crippen LogP contribution is -2.44. The molecule has 0 spiro atoms. The van der Waals surface area contributed by atoms with Crippen molar-refractivity contribution in [3.05, 3.63) is 65.7 Å². The van der Waals surface area contributed by atoms with E-state index in [0.717, 1.165) is 5.56 Å². The first-order valence-corrected chi connectivity index (χ1v) is 8.34. The van der Waals surface area contributed by atoms with Crippen molar-refractivity contribution < 1.29 is 19.4 Å². The van der Waals surface area contributed by atoms with Crippen molar-refractivity contribution in [1.29, 1.82) is 0 Å². The van der Waals surface area contributed by atoms with E-state index < -0.39 is 12.0 Å². The van der Waals surface area contributed by atoms with Crippen LogP contribution in [0.5, 0.6) is 5.75 Å². The highest BCUT2D eigenvalue weighted by Crippen LogP contribution is 2.13. The fraction of sp³-hybridized carbons (Fsp3) is 0.300. The minimum atomic E-state index is -0.800. The predicted octanol–water partition coefficient (Wildman–Crippen LogP) is 3.08. The van der Waals surface area contributed by atoms with Gasteiger partial charge in [0.25, 0.3) is 5.91 Å². The van der Waals surface area contributed by atoms with Crippen LogP contribution in [0.4, 0.5) is 0 Å². The Morgan fingerprint density at radius 1 is 1.08 bits per heavy atom. The third-order valence-electron chi connectivity index (χ3n) is 3.89.